The average molecular weight is 324 g/mol. The van der Waals surface area contributed by atoms with Gasteiger partial charge in [-0.15, -0.1) is 0 Å². The molecule has 0 atom stereocenters. The first-order valence-corrected chi connectivity index (χ1v) is 7.72. The molecular weight excluding hydrogens is 306 g/mol. The molecule has 0 saturated heterocycles. The second-order valence-electron chi connectivity index (χ2n) is 5.31. The molecule has 1 fully saturated rings. The molecule has 0 spiro atoms. The van der Waals surface area contributed by atoms with E-state index in [1.54, 1.807) is 0 Å². The number of halogens is 1. The van der Waals surface area contributed by atoms with E-state index >= 15 is 0 Å². The third-order valence-corrected chi connectivity index (χ3v) is 4.46. The predicted molar refractivity (Wildman–Crippen MR) is 77.1 cm³/mol. The van der Waals surface area contributed by atoms with E-state index in [0.717, 1.165) is 22.1 Å². The average Bonchev–Trinajstić information content (AvgIpc) is 3.00. The fraction of sp³-hybridized carbons (Fsp3) is 0.533. The standard InChI is InChI=1S/C15H18BrNO2/c16-12-6-5-11-10-17(15(18)14(11)9-12)7-8-19-13-3-1-2-4-13/h5-6,9,13H,1-4,7-8,10H2. The first-order valence-electron chi connectivity index (χ1n) is 6.93. The number of carbonyl (C=O) groups is 1. The zero-order valence-corrected chi connectivity index (χ0v) is 12.5. The second-order valence-corrected chi connectivity index (χ2v) is 6.22. The van der Waals surface area contributed by atoms with Gasteiger partial charge >= 0.3 is 0 Å². The lowest BCUT2D eigenvalue weighted by Crippen LogP contribution is -2.29. The molecule has 19 heavy (non-hydrogen) atoms. The Balaban J connectivity index is 1.55. The van der Waals surface area contributed by atoms with Crippen LogP contribution in [0.25, 0.3) is 0 Å². The van der Waals surface area contributed by atoms with Crippen LogP contribution in [-0.2, 0) is 11.3 Å². The van der Waals surface area contributed by atoms with E-state index in [0.29, 0.717) is 19.3 Å². The quantitative estimate of drug-likeness (QED) is 0.850. The van der Waals surface area contributed by atoms with Gasteiger partial charge in [-0.2, -0.15) is 0 Å². The molecule has 1 aliphatic heterocycles. The summed E-state index contributed by atoms with van der Waals surface area (Å²) in [5.74, 6) is 0.131. The van der Waals surface area contributed by atoms with Gasteiger partial charge in [-0.25, -0.2) is 0 Å². The maximum atomic E-state index is 12.2. The van der Waals surface area contributed by atoms with E-state index in [-0.39, 0.29) is 5.91 Å². The number of rotatable bonds is 4. The van der Waals surface area contributed by atoms with Crippen molar-refractivity contribution in [2.45, 2.75) is 38.3 Å². The summed E-state index contributed by atoms with van der Waals surface area (Å²) in [6.45, 7) is 2.07. The fourth-order valence-electron chi connectivity index (χ4n) is 2.90. The Labute approximate surface area is 122 Å². The molecule has 0 aromatic heterocycles. The molecule has 1 amide bonds. The van der Waals surface area contributed by atoms with Crippen LogP contribution in [0.1, 0.15) is 41.6 Å². The van der Waals surface area contributed by atoms with Gasteiger partial charge in [0.1, 0.15) is 0 Å². The lowest BCUT2D eigenvalue weighted by Gasteiger charge is -2.17. The fourth-order valence-corrected chi connectivity index (χ4v) is 3.26. The van der Waals surface area contributed by atoms with Crippen molar-refractivity contribution in [3.63, 3.8) is 0 Å². The molecular formula is C15H18BrNO2. The molecule has 3 nitrogen and oxygen atoms in total. The molecule has 1 aromatic rings. The Bertz CT molecular complexity index is 483. The van der Waals surface area contributed by atoms with Gasteiger partial charge in [-0.1, -0.05) is 34.8 Å². The SMILES string of the molecule is O=C1c2cc(Br)ccc2CN1CCOC1CCCC1. The molecule has 102 valence electrons. The van der Waals surface area contributed by atoms with E-state index in [1.807, 2.05) is 23.1 Å². The summed E-state index contributed by atoms with van der Waals surface area (Å²) in [5, 5.41) is 0. The van der Waals surface area contributed by atoms with E-state index in [2.05, 4.69) is 15.9 Å². The van der Waals surface area contributed by atoms with Crippen molar-refractivity contribution in [3.05, 3.63) is 33.8 Å². The molecule has 1 saturated carbocycles. The van der Waals surface area contributed by atoms with Crippen LogP contribution >= 0.6 is 15.9 Å². The summed E-state index contributed by atoms with van der Waals surface area (Å²) in [7, 11) is 0. The highest BCUT2D eigenvalue weighted by molar-refractivity contribution is 9.10. The summed E-state index contributed by atoms with van der Waals surface area (Å²) in [6.07, 6.45) is 5.36. The van der Waals surface area contributed by atoms with Gasteiger partial charge in [0.15, 0.2) is 0 Å². The monoisotopic (exact) mass is 323 g/mol. The predicted octanol–water partition coefficient (Wildman–Crippen LogP) is 3.36. The van der Waals surface area contributed by atoms with Crippen LogP contribution in [0.3, 0.4) is 0 Å². The number of hydrogen-bond donors (Lipinski definition) is 0. The number of carbonyl (C=O) groups excluding carboxylic acids is 1. The van der Waals surface area contributed by atoms with Crippen molar-refractivity contribution in [1.29, 1.82) is 0 Å². The summed E-state index contributed by atoms with van der Waals surface area (Å²) >= 11 is 3.41. The highest BCUT2D eigenvalue weighted by atomic mass is 79.9. The van der Waals surface area contributed by atoms with E-state index in [9.17, 15) is 4.79 Å². The summed E-state index contributed by atoms with van der Waals surface area (Å²) in [4.78, 5) is 14.1. The van der Waals surface area contributed by atoms with E-state index < -0.39 is 0 Å². The van der Waals surface area contributed by atoms with Crippen molar-refractivity contribution in [2.24, 2.45) is 0 Å². The number of hydrogen-bond acceptors (Lipinski definition) is 2. The minimum atomic E-state index is 0.131. The zero-order chi connectivity index (χ0) is 13.2. The van der Waals surface area contributed by atoms with Gasteiger partial charge in [0.2, 0.25) is 0 Å². The van der Waals surface area contributed by atoms with Crippen LogP contribution in [0, 0.1) is 0 Å². The van der Waals surface area contributed by atoms with Gasteiger partial charge < -0.3 is 9.64 Å². The maximum Gasteiger partial charge on any atom is 0.254 e. The Kier molecular flexibility index (Phi) is 3.89. The molecule has 1 aliphatic carbocycles. The summed E-state index contributed by atoms with van der Waals surface area (Å²) in [5.41, 5.74) is 1.95. The number of amides is 1. The number of nitrogens with zero attached hydrogens (tertiary/aromatic N) is 1. The van der Waals surface area contributed by atoms with Crippen molar-refractivity contribution in [1.82, 2.24) is 4.90 Å². The molecule has 1 aromatic carbocycles. The Morgan fingerprint density at radius 3 is 2.89 bits per heavy atom. The molecule has 0 radical (unpaired) electrons. The molecule has 4 heteroatoms. The van der Waals surface area contributed by atoms with Crippen molar-refractivity contribution in [3.8, 4) is 0 Å². The Morgan fingerprint density at radius 1 is 1.32 bits per heavy atom. The molecule has 3 rings (SSSR count). The molecule has 2 aliphatic rings. The van der Waals surface area contributed by atoms with Crippen LogP contribution in [-0.4, -0.2) is 30.1 Å². The van der Waals surface area contributed by atoms with Crippen LogP contribution in [0.4, 0.5) is 0 Å². The second kappa shape index (κ2) is 5.63. The number of ether oxygens (including phenoxy) is 1. The van der Waals surface area contributed by atoms with Gasteiger partial charge in [0.25, 0.3) is 5.91 Å². The lowest BCUT2D eigenvalue weighted by atomic mass is 10.1. The van der Waals surface area contributed by atoms with Crippen LogP contribution < -0.4 is 0 Å². The third-order valence-electron chi connectivity index (χ3n) is 3.97. The van der Waals surface area contributed by atoms with Crippen molar-refractivity contribution in [2.75, 3.05) is 13.2 Å². The molecule has 0 unspecified atom stereocenters. The van der Waals surface area contributed by atoms with Gasteiger partial charge in [-0.3, -0.25) is 4.79 Å². The molecule has 0 N–H and O–H groups in total. The van der Waals surface area contributed by atoms with Crippen molar-refractivity contribution < 1.29 is 9.53 Å². The maximum absolute atomic E-state index is 12.2. The van der Waals surface area contributed by atoms with E-state index in [1.165, 1.54) is 25.7 Å². The topological polar surface area (TPSA) is 29.5 Å². The van der Waals surface area contributed by atoms with Gasteiger partial charge in [0.05, 0.1) is 12.7 Å². The lowest BCUT2D eigenvalue weighted by molar-refractivity contribution is 0.0380. The largest absolute Gasteiger partial charge is 0.376 e. The number of benzene rings is 1. The number of fused-ring (bicyclic) bond motifs is 1. The Hall–Kier alpha value is -0.870. The Morgan fingerprint density at radius 2 is 2.11 bits per heavy atom. The highest BCUT2D eigenvalue weighted by Crippen LogP contribution is 2.26. The minimum absolute atomic E-state index is 0.131. The summed E-state index contributed by atoms with van der Waals surface area (Å²) < 4.78 is 6.79. The zero-order valence-electron chi connectivity index (χ0n) is 10.9. The van der Waals surface area contributed by atoms with Crippen molar-refractivity contribution >= 4 is 21.8 Å². The smallest absolute Gasteiger partial charge is 0.254 e. The highest BCUT2D eigenvalue weighted by Gasteiger charge is 2.27. The van der Waals surface area contributed by atoms with Crippen LogP contribution in [0.5, 0.6) is 0 Å². The third kappa shape index (κ3) is 2.84. The van der Waals surface area contributed by atoms with Gasteiger partial charge in [-0.05, 0) is 30.5 Å². The van der Waals surface area contributed by atoms with E-state index in [4.69, 9.17) is 4.74 Å². The first-order chi connectivity index (χ1) is 9.24. The first kappa shape index (κ1) is 13.1. The van der Waals surface area contributed by atoms with Crippen LogP contribution in [0.2, 0.25) is 0 Å². The molecule has 0 bridgehead atoms. The van der Waals surface area contributed by atoms with Crippen LogP contribution in [0.15, 0.2) is 22.7 Å². The normalized spacial score (nSPS) is 19.2. The summed E-state index contributed by atoms with van der Waals surface area (Å²) in [6, 6.07) is 5.93. The molecule has 1 heterocycles. The minimum Gasteiger partial charge on any atom is -0.376 e. The van der Waals surface area contributed by atoms with Gasteiger partial charge in [0, 0.05) is 23.1 Å².